The van der Waals surface area contributed by atoms with E-state index in [-0.39, 0.29) is 27.6 Å². The van der Waals surface area contributed by atoms with Crippen molar-refractivity contribution in [1.29, 1.82) is 0 Å². The number of carboxylic acids is 1. The van der Waals surface area contributed by atoms with E-state index in [4.69, 9.17) is 9.90 Å². The monoisotopic (exact) mass is 269 g/mol. The molecule has 0 fully saturated rings. The van der Waals surface area contributed by atoms with E-state index >= 15 is 0 Å². The predicted molar refractivity (Wildman–Crippen MR) is 14.1 cm³/mol. The van der Waals surface area contributed by atoms with Crippen molar-refractivity contribution in [1.82, 2.24) is 0 Å². The summed E-state index contributed by atoms with van der Waals surface area (Å²) in [5, 5.41) is 9.13. The largest absolute Gasteiger partial charge is 2.00 e. The molecule has 0 heterocycles. The first kappa shape index (κ1) is 9.45. The Labute approximate surface area is 49.8 Å². The normalized spacial score (nSPS) is 6.17. The Morgan fingerprint density at radius 1 is 1.83 bits per heavy atom. The van der Waals surface area contributed by atoms with Crippen LogP contribution in [0.3, 0.4) is 0 Å². The van der Waals surface area contributed by atoms with Gasteiger partial charge in [-0.25, -0.2) is 0 Å². The van der Waals surface area contributed by atoms with E-state index < -0.39 is 5.97 Å². The fraction of sp³-hybridized carbons (Fsp3) is 0.500. The first-order chi connectivity index (χ1) is 2.27. The molecule has 0 atom stereocenters. The predicted octanol–water partition coefficient (Wildman–Crippen LogP) is -2.31. The van der Waals surface area contributed by atoms with E-state index in [0.29, 0.717) is 0 Å². The van der Waals surface area contributed by atoms with Crippen LogP contribution in [-0.2, 0) is 25.9 Å². The van der Waals surface area contributed by atoms with Crippen molar-refractivity contribution in [2.45, 2.75) is 0 Å². The zero-order valence-electron chi connectivity index (χ0n) is 2.92. The Morgan fingerprint density at radius 3 is 2.00 bits per heavy atom. The Morgan fingerprint density at radius 2 is 2.00 bits per heavy atom. The molecule has 0 aromatic carbocycles. The number of rotatable bonds is 1. The maximum Gasteiger partial charge on any atom is 2.00 e. The smallest absolute Gasteiger partial charge is 0.549 e. The second-order valence-corrected chi connectivity index (χ2v) is 0.576. The molecule has 2 N–H and O–H groups in total. The minimum atomic E-state index is -1.22. The molecule has 0 aromatic rings. The van der Waals surface area contributed by atoms with Crippen LogP contribution in [0.1, 0.15) is 0 Å². The molecule has 4 heteroatoms. The van der Waals surface area contributed by atoms with Crippen LogP contribution in [0.5, 0.6) is 0 Å². The van der Waals surface area contributed by atoms with Crippen LogP contribution in [0.2, 0.25) is 0 Å². The molecule has 38 valence electrons. The summed E-state index contributed by atoms with van der Waals surface area (Å²) in [6.07, 6.45) is 0. The molecule has 0 unspecified atom stereocenters. The Balaban J connectivity index is 0. The van der Waals surface area contributed by atoms with Crippen molar-refractivity contribution >= 4 is 5.97 Å². The summed E-state index contributed by atoms with van der Waals surface area (Å²) in [6, 6.07) is 0. The molecule has 0 saturated heterocycles. The molecule has 0 aliphatic rings. The summed E-state index contributed by atoms with van der Waals surface area (Å²) in [7, 11) is 0. The first-order valence-corrected chi connectivity index (χ1v) is 1.17. The average molecular weight is 269 g/mol. The van der Waals surface area contributed by atoms with Crippen LogP contribution in [0.25, 0.3) is 0 Å². The van der Waals surface area contributed by atoms with Crippen LogP contribution >= 0.6 is 0 Å². The van der Waals surface area contributed by atoms with Gasteiger partial charge in [-0.2, -0.15) is 0 Å². The van der Waals surface area contributed by atoms with Gasteiger partial charge in [-0.3, -0.25) is 0 Å². The van der Waals surface area contributed by atoms with E-state index in [1.807, 2.05) is 0 Å². The second kappa shape index (κ2) is 5.12. The molecule has 0 bridgehead atoms. The molecule has 6 heavy (non-hydrogen) atoms. The van der Waals surface area contributed by atoms with Crippen molar-refractivity contribution in [3.8, 4) is 0 Å². The maximum absolute atomic E-state index is 9.13. The number of nitrogens with two attached hydrogens (primary N) is 1. The quantitative estimate of drug-likeness (QED) is 0.582. The van der Waals surface area contributed by atoms with Gasteiger partial charge < -0.3 is 15.6 Å². The fourth-order valence-electron chi connectivity index (χ4n) is 0. The first-order valence-electron chi connectivity index (χ1n) is 1.17. The third kappa shape index (κ3) is 8.92. The van der Waals surface area contributed by atoms with Gasteiger partial charge in [0, 0.05) is 6.54 Å². The van der Waals surface area contributed by atoms with Gasteiger partial charge in [-0.15, -0.1) is 0 Å². The molecular formula is C2H4NO2Pt+. The van der Waals surface area contributed by atoms with Crippen LogP contribution in [0, 0.1) is 0 Å². The Hall–Kier alpha value is 0.118. The summed E-state index contributed by atoms with van der Waals surface area (Å²) in [5.41, 5.74) is 4.51. The number of hydrogen-bond donors (Lipinski definition) is 1. The van der Waals surface area contributed by atoms with E-state index in [2.05, 4.69) is 5.73 Å². The molecule has 0 aromatic heterocycles. The van der Waals surface area contributed by atoms with Gasteiger partial charge >= 0.3 is 21.1 Å². The molecule has 0 radical (unpaired) electrons. The number of carboxylic acid groups (broad SMARTS) is 1. The Kier molecular flexibility index (Phi) is 8.06. The van der Waals surface area contributed by atoms with Crippen molar-refractivity contribution in [2.75, 3.05) is 6.54 Å². The topological polar surface area (TPSA) is 66.2 Å². The van der Waals surface area contributed by atoms with Gasteiger partial charge in [0.1, 0.15) is 0 Å². The molecule has 0 aliphatic carbocycles. The Bertz CT molecular complexity index is 46.8. The average Bonchev–Trinajstić information content (AvgIpc) is 1.38. The molecule has 0 saturated carbocycles. The molecule has 0 rings (SSSR count). The summed E-state index contributed by atoms with van der Waals surface area (Å²) >= 11 is 0. The molecule has 0 aliphatic heterocycles. The van der Waals surface area contributed by atoms with Gasteiger partial charge in [-0.1, -0.05) is 0 Å². The van der Waals surface area contributed by atoms with Crippen LogP contribution in [0.15, 0.2) is 0 Å². The van der Waals surface area contributed by atoms with E-state index in [1.54, 1.807) is 0 Å². The van der Waals surface area contributed by atoms with Crippen LogP contribution < -0.4 is 10.8 Å². The van der Waals surface area contributed by atoms with Gasteiger partial charge in [0.25, 0.3) is 0 Å². The minimum Gasteiger partial charge on any atom is -0.549 e. The van der Waals surface area contributed by atoms with Crippen LogP contribution in [0.4, 0.5) is 0 Å². The minimum absolute atomic E-state index is 0. The molecule has 3 nitrogen and oxygen atoms in total. The number of carbonyl (C=O) groups is 1. The second-order valence-electron chi connectivity index (χ2n) is 0.576. The summed E-state index contributed by atoms with van der Waals surface area (Å²) < 4.78 is 0. The van der Waals surface area contributed by atoms with Crippen molar-refractivity contribution in [3.05, 3.63) is 0 Å². The summed E-state index contributed by atoms with van der Waals surface area (Å²) in [5.74, 6) is -1.22. The third-order valence-electron chi connectivity index (χ3n) is 0.167. The number of carbonyl (C=O) groups excluding carboxylic acids is 1. The summed E-state index contributed by atoms with van der Waals surface area (Å²) in [4.78, 5) is 9.13. The number of hydrogen-bond acceptors (Lipinski definition) is 3. The van der Waals surface area contributed by atoms with Crippen molar-refractivity contribution < 1.29 is 31.0 Å². The zero-order valence-corrected chi connectivity index (χ0v) is 5.19. The van der Waals surface area contributed by atoms with E-state index in [1.165, 1.54) is 0 Å². The van der Waals surface area contributed by atoms with Crippen LogP contribution in [-0.4, -0.2) is 12.5 Å². The van der Waals surface area contributed by atoms with E-state index in [0.717, 1.165) is 0 Å². The van der Waals surface area contributed by atoms with Gasteiger partial charge in [-0.05, 0) is 0 Å². The summed E-state index contributed by atoms with van der Waals surface area (Å²) in [6.45, 7) is -0.389. The van der Waals surface area contributed by atoms with Crippen molar-refractivity contribution in [3.63, 3.8) is 0 Å². The molecule has 0 amide bonds. The third-order valence-corrected chi connectivity index (χ3v) is 0.167. The van der Waals surface area contributed by atoms with Crippen molar-refractivity contribution in [2.24, 2.45) is 5.73 Å². The van der Waals surface area contributed by atoms with Gasteiger partial charge in [0.15, 0.2) is 0 Å². The van der Waals surface area contributed by atoms with Gasteiger partial charge in [0.2, 0.25) is 0 Å². The zero-order chi connectivity index (χ0) is 4.28. The SMILES string of the molecule is NCC(=O)[O-].[Pt+2]. The fourth-order valence-corrected chi connectivity index (χ4v) is 0. The maximum atomic E-state index is 9.13. The number of aliphatic carboxylic acids is 1. The standard InChI is InChI=1S/C2H5NO2.Pt/c3-1-2(4)5;/h1,3H2,(H,4,5);/q;+2/p-1. The molecular weight excluding hydrogens is 265 g/mol. The van der Waals surface area contributed by atoms with Gasteiger partial charge in [0.05, 0.1) is 5.97 Å². The molecule has 0 spiro atoms. The van der Waals surface area contributed by atoms with E-state index in [9.17, 15) is 0 Å².